The number of carbonyl (C=O) groups excluding carboxylic acids is 1. The number of hydrogen-bond acceptors (Lipinski definition) is 4. The Kier molecular flexibility index (Phi) is 6.35. The highest BCUT2D eigenvalue weighted by Gasteiger charge is 2.31. The molecule has 2 aromatic rings. The lowest BCUT2D eigenvalue weighted by Crippen LogP contribution is -2.30. The molecule has 5 heteroatoms. The molecule has 0 bridgehead atoms. The summed E-state index contributed by atoms with van der Waals surface area (Å²) >= 11 is 1.60. The van der Waals surface area contributed by atoms with Gasteiger partial charge in [-0.2, -0.15) is 0 Å². The largest absolute Gasteiger partial charge is 0.494 e. The minimum Gasteiger partial charge on any atom is -0.494 e. The summed E-state index contributed by atoms with van der Waals surface area (Å²) in [6.07, 6.45) is 2.87. The Labute approximate surface area is 164 Å². The van der Waals surface area contributed by atoms with Crippen molar-refractivity contribution < 1.29 is 9.53 Å². The topological polar surface area (TPSA) is 41.9 Å². The van der Waals surface area contributed by atoms with Crippen molar-refractivity contribution in [3.8, 4) is 5.75 Å². The minimum atomic E-state index is -0.0988. The summed E-state index contributed by atoms with van der Waals surface area (Å²) in [6.45, 7) is 6.73. The normalized spacial score (nSPS) is 15.4. The van der Waals surface area contributed by atoms with Crippen LogP contribution in [-0.4, -0.2) is 23.4 Å². The van der Waals surface area contributed by atoms with Gasteiger partial charge >= 0.3 is 0 Å². The molecule has 0 saturated heterocycles. The van der Waals surface area contributed by atoms with Crippen LogP contribution in [0.25, 0.3) is 6.08 Å². The predicted octanol–water partition coefficient (Wildman–Crippen LogP) is 5.28. The van der Waals surface area contributed by atoms with E-state index in [1.165, 1.54) is 5.56 Å². The van der Waals surface area contributed by atoms with Gasteiger partial charge in [0.1, 0.15) is 11.4 Å². The molecule has 140 valence electrons. The number of nitrogens with zero attached hydrogens (tertiary/aromatic N) is 2. The van der Waals surface area contributed by atoms with Crippen LogP contribution in [0.15, 0.2) is 59.2 Å². The van der Waals surface area contributed by atoms with E-state index < -0.39 is 0 Å². The molecule has 0 N–H and O–H groups in total. The molecule has 3 rings (SSSR count). The number of ether oxygens (including phenoxy) is 1. The van der Waals surface area contributed by atoms with Gasteiger partial charge in [-0.05, 0) is 56.2 Å². The molecule has 1 aliphatic rings. The third-order valence-corrected chi connectivity index (χ3v) is 5.20. The number of carbonyl (C=O) groups is 1. The van der Waals surface area contributed by atoms with Gasteiger partial charge in [0.15, 0.2) is 5.17 Å². The van der Waals surface area contributed by atoms with Crippen LogP contribution in [0.5, 0.6) is 5.75 Å². The van der Waals surface area contributed by atoms with E-state index in [0.717, 1.165) is 34.3 Å². The Morgan fingerprint density at radius 2 is 1.78 bits per heavy atom. The van der Waals surface area contributed by atoms with Crippen LogP contribution in [0, 0.1) is 6.92 Å². The summed E-state index contributed by atoms with van der Waals surface area (Å²) < 4.78 is 5.50. The van der Waals surface area contributed by atoms with Crippen molar-refractivity contribution in [3.63, 3.8) is 0 Å². The van der Waals surface area contributed by atoms with Crippen LogP contribution < -0.4 is 9.64 Å². The maximum atomic E-state index is 13.1. The first-order valence-electron chi connectivity index (χ1n) is 9.19. The molecule has 2 aromatic carbocycles. The molecule has 0 fully saturated rings. The molecular formula is C22H24N2O2S. The number of rotatable bonds is 6. The van der Waals surface area contributed by atoms with Crippen molar-refractivity contribution in [1.82, 2.24) is 0 Å². The SMILES string of the molecule is CCCSC1=N/C(=C\c2ccc(C)cc2)C(=O)N1c1ccc(OCC)cc1. The van der Waals surface area contributed by atoms with Gasteiger partial charge < -0.3 is 4.74 Å². The van der Waals surface area contributed by atoms with Crippen molar-refractivity contribution >= 4 is 34.6 Å². The Morgan fingerprint density at radius 1 is 1.07 bits per heavy atom. The van der Waals surface area contributed by atoms with Crippen LogP contribution in [0.1, 0.15) is 31.4 Å². The second-order valence-electron chi connectivity index (χ2n) is 6.25. The summed E-state index contributed by atoms with van der Waals surface area (Å²) in [5.41, 5.74) is 3.43. The highest BCUT2D eigenvalue weighted by Crippen LogP contribution is 2.30. The van der Waals surface area contributed by atoms with E-state index in [-0.39, 0.29) is 5.91 Å². The Bertz CT molecular complexity index is 855. The zero-order valence-electron chi connectivity index (χ0n) is 15.9. The van der Waals surface area contributed by atoms with E-state index in [1.807, 2.05) is 68.5 Å². The lowest BCUT2D eigenvalue weighted by Gasteiger charge is -2.18. The number of aryl methyl sites for hydroxylation is 1. The molecule has 0 aromatic heterocycles. The fourth-order valence-corrected chi connectivity index (χ4v) is 3.56. The van der Waals surface area contributed by atoms with E-state index in [9.17, 15) is 4.79 Å². The van der Waals surface area contributed by atoms with Crippen LogP contribution in [-0.2, 0) is 4.79 Å². The van der Waals surface area contributed by atoms with E-state index in [2.05, 4.69) is 11.9 Å². The van der Waals surface area contributed by atoms with Crippen LogP contribution in [0.3, 0.4) is 0 Å². The average Bonchev–Trinajstić information content (AvgIpc) is 2.98. The zero-order chi connectivity index (χ0) is 19.2. The summed E-state index contributed by atoms with van der Waals surface area (Å²) in [5, 5.41) is 0.726. The number of anilines is 1. The zero-order valence-corrected chi connectivity index (χ0v) is 16.8. The van der Waals surface area contributed by atoms with Gasteiger partial charge in [0.05, 0.1) is 12.3 Å². The first-order valence-corrected chi connectivity index (χ1v) is 10.2. The fraction of sp³-hybridized carbons (Fsp3) is 0.273. The summed E-state index contributed by atoms with van der Waals surface area (Å²) in [5.74, 6) is 1.61. The lowest BCUT2D eigenvalue weighted by atomic mass is 10.1. The van der Waals surface area contributed by atoms with Crippen molar-refractivity contribution in [1.29, 1.82) is 0 Å². The van der Waals surface area contributed by atoms with Gasteiger partial charge in [-0.25, -0.2) is 4.99 Å². The van der Waals surface area contributed by atoms with Gasteiger partial charge in [0.2, 0.25) is 0 Å². The predicted molar refractivity (Wildman–Crippen MR) is 114 cm³/mol. The fourth-order valence-electron chi connectivity index (χ4n) is 2.69. The van der Waals surface area contributed by atoms with Crippen LogP contribution in [0.2, 0.25) is 0 Å². The molecule has 1 heterocycles. The third-order valence-electron chi connectivity index (χ3n) is 4.05. The van der Waals surface area contributed by atoms with Gasteiger partial charge in [-0.15, -0.1) is 0 Å². The molecule has 0 saturated carbocycles. The molecule has 0 spiro atoms. The molecule has 0 unspecified atom stereocenters. The van der Waals surface area contributed by atoms with Gasteiger partial charge in [-0.1, -0.05) is 48.5 Å². The number of amidine groups is 1. The van der Waals surface area contributed by atoms with Crippen LogP contribution in [0.4, 0.5) is 5.69 Å². The highest BCUT2D eigenvalue weighted by molar-refractivity contribution is 8.14. The van der Waals surface area contributed by atoms with E-state index in [0.29, 0.717) is 12.3 Å². The minimum absolute atomic E-state index is 0.0988. The number of aliphatic imine (C=N–C) groups is 1. The maximum Gasteiger partial charge on any atom is 0.283 e. The smallest absolute Gasteiger partial charge is 0.283 e. The maximum absolute atomic E-state index is 13.1. The molecule has 0 radical (unpaired) electrons. The second kappa shape index (κ2) is 8.91. The summed E-state index contributed by atoms with van der Waals surface area (Å²) in [6, 6.07) is 15.7. The Balaban J connectivity index is 1.91. The van der Waals surface area contributed by atoms with Crippen LogP contribution >= 0.6 is 11.8 Å². The van der Waals surface area contributed by atoms with E-state index in [1.54, 1.807) is 16.7 Å². The molecule has 27 heavy (non-hydrogen) atoms. The second-order valence-corrected chi connectivity index (χ2v) is 7.31. The molecule has 4 nitrogen and oxygen atoms in total. The molecule has 1 aliphatic heterocycles. The third kappa shape index (κ3) is 4.61. The number of thioether (sulfide) groups is 1. The number of amides is 1. The molecule has 1 amide bonds. The Morgan fingerprint density at radius 3 is 2.41 bits per heavy atom. The summed E-state index contributed by atoms with van der Waals surface area (Å²) in [7, 11) is 0. The first kappa shape index (κ1) is 19.2. The van der Waals surface area contributed by atoms with Gasteiger partial charge in [0, 0.05) is 5.75 Å². The quantitative estimate of drug-likeness (QED) is 0.640. The van der Waals surface area contributed by atoms with Crippen molar-refractivity contribution in [2.45, 2.75) is 27.2 Å². The average molecular weight is 381 g/mol. The van der Waals surface area contributed by atoms with E-state index >= 15 is 0 Å². The van der Waals surface area contributed by atoms with Crippen molar-refractivity contribution in [3.05, 3.63) is 65.4 Å². The van der Waals surface area contributed by atoms with Gasteiger partial charge in [0.25, 0.3) is 5.91 Å². The lowest BCUT2D eigenvalue weighted by molar-refractivity contribution is -0.113. The van der Waals surface area contributed by atoms with Gasteiger partial charge in [-0.3, -0.25) is 9.69 Å². The molecule has 0 atom stereocenters. The highest BCUT2D eigenvalue weighted by atomic mass is 32.2. The first-order chi connectivity index (χ1) is 13.1. The molecular weight excluding hydrogens is 356 g/mol. The van der Waals surface area contributed by atoms with E-state index in [4.69, 9.17) is 4.74 Å². The standard InChI is InChI=1S/C22H24N2O2S/c1-4-14-27-22-23-20(15-17-8-6-16(3)7-9-17)21(25)24(22)18-10-12-19(13-11-18)26-5-2/h6-13,15H,4-5,14H2,1-3H3/b20-15-. The summed E-state index contributed by atoms with van der Waals surface area (Å²) in [4.78, 5) is 19.4. The Hall–Kier alpha value is -2.53. The monoisotopic (exact) mass is 380 g/mol. The van der Waals surface area contributed by atoms with Crippen molar-refractivity contribution in [2.24, 2.45) is 4.99 Å². The molecule has 0 aliphatic carbocycles. The number of hydrogen-bond donors (Lipinski definition) is 0. The number of benzene rings is 2. The van der Waals surface area contributed by atoms with Crippen molar-refractivity contribution in [2.75, 3.05) is 17.3 Å².